The molecule has 0 aliphatic rings. The van der Waals surface area contributed by atoms with E-state index in [1.54, 1.807) is 0 Å². The molecule has 0 spiro atoms. The molecule has 0 aliphatic carbocycles. The van der Waals surface area contributed by atoms with Gasteiger partial charge < -0.3 is 4.90 Å². The highest BCUT2D eigenvalue weighted by molar-refractivity contribution is 6.29. The molecule has 0 aromatic carbocycles. The van der Waals surface area contributed by atoms with Crippen LogP contribution in [-0.4, -0.2) is 22.6 Å². The fraction of sp³-hybridized carbons (Fsp3) is 0.636. The van der Waals surface area contributed by atoms with Crippen molar-refractivity contribution in [1.29, 1.82) is 0 Å². The molecule has 3 nitrogen and oxygen atoms in total. The van der Waals surface area contributed by atoms with Crippen molar-refractivity contribution in [3.8, 4) is 0 Å². The van der Waals surface area contributed by atoms with Crippen molar-refractivity contribution in [2.75, 3.05) is 11.4 Å². The van der Waals surface area contributed by atoms with Crippen LogP contribution in [0.1, 0.15) is 33.5 Å². The van der Waals surface area contributed by atoms with Gasteiger partial charge in [0, 0.05) is 25.1 Å². The number of hydrogen-bond acceptors (Lipinski definition) is 3. The van der Waals surface area contributed by atoms with Crippen LogP contribution < -0.4 is 4.90 Å². The normalized spacial score (nSPS) is 10.8. The molecule has 1 rings (SSSR count). The maximum absolute atomic E-state index is 5.96. The van der Waals surface area contributed by atoms with Gasteiger partial charge in [-0.1, -0.05) is 18.5 Å². The Labute approximate surface area is 96.5 Å². The molecule has 0 fully saturated rings. The minimum atomic E-state index is 0.422. The van der Waals surface area contributed by atoms with Gasteiger partial charge in [0.2, 0.25) is 0 Å². The van der Waals surface area contributed by atoms with Crippen LogP contribution in [-0.2, 0) is 6.42 Å². The van der Waals surface area contributed by atoms with Crippen LogP contribution in [0.2, 0.25) is 5.15 Å². The number of anilines is 1. The van der Waals surface area contributed by atoms with Gasteiger partial charge in [0.1, 0.15) is 16.8 Å². The Balaban J connectivity index is 3.06. The Morgan fingerprint density at radius 2 is 2.00 bits per heavy atom. The molecule has 15 heavy (non-hydrogen) atoms. The molecule has 0 radical (unpaired) electrons. The molecular weight excluding hydrogens is 210 g/mol. The first-order valence-corrected chi connectivity index (χ1v) is 5.76. The molecule has 0 bridgehead atoms. The fourth-order valence-electron chi connectivity index (χ4n) is 1.55. The van der Waals surface area contributed by atoms with Crippen LogP contribution in [0, 0.1) is 0 Å². The van der Waals surface area contributed by atoms with Crippen LogP contribution in [0.4, 0.5) is 5.82 Å². The first-order chi connectivity index (χ1) is 7.08. The molecule has 0 unspecified atom stereocenters. The summed E-state index contributed by atoms with van der Waals surface area (Å²) in [6, 6.07) is 2.25. The third-order valence-corrected chi connectivity index (χ3v) is 2.50. The average Bonchev–Trinajstić information content (AvgIpc) is 2.17. The zero-order valence-corrected chi connectivity index (χ0v) is 10.5. The van der Waals surface area contributed by atoms with E-state index in [2.05, 4.69) is 35.6 Å². The summed E-state index contributed by atoms with van der Waals surface area (Å²) in [5, 5.41) is 0.524. The van der Waals surface area contributed by atoms with Crippen molar-refractivity contribution in [2.45, 2.75) is 40.2 Å². The molecular formula is C11H18ClN3. The number of nitrogens with zero attached hydrogens (tertiary/aromatic N) is 3. The molecule has 0 amide bonds. The van der Waals surface area contributed by atoms with Crippen LogP contribution in [0.3, 0.4) is 0 Å². The number of hydrogen-bond donors (Lipinski definition) is 0. The summed E-state index contributed by atoms with van der Waals surface area (Å²) < 4.78 is 0. The van der Waals surface area contributed by atoms with E-state index in [9.17, 15) is 0 Å². The van der Waals surface area contributed by atoms with Gasteiger partial charge in [-0.05, 0) is 20.8 Å². The van der Waals surface area contributed by atoms with Gasteiger partial charge in [0.15, 0.2) is 0 Å². The quantitative estimate of drug-likeness (QED) is 0.741. The van der Waals surface area contributed by atoms with Crippen molar-refractivity contribution < 1.29 is 0 Å². The van der Waals surface area contributed by atoms with Crippen molar-refractivity contribution >= 4 is 17.4 Å². The highest BCUT2D eigenvalue weighted by Gasteiger charge is 2.11. The van der Waals surface area contributed by atoms with E-state index in [0.717, 1.165) is 24.6 Å². The third kappa shape index (κ3) is 3.06. The smallest absolute Gasteiger partial charge is 0.134 e. The van der Waals surface area contributed by atoms with Gasteiger partial charge in [-0.25, -0.2) is 9.97 Å². The van der Waals surface area contributed by atoms with Gasteiger partial charge in [-0.3, -0.25) is 0 Å². The van der Waals surface area contributed by atoms with Crippen molar-refractivity contribution in [2.24, 2.45) is 0 Å². The maximum Gasteiger partial charge on any atom is 0.134 e. The predicted octanol–water partition coefficient (Wildman–Crippen LogP) is 2.93. The molecule has 0 saturated carbocycles. The Morgan fingerprint density at radius 3 is 2.47 bits per heavy atom. The lowest BCUT2D eigenvalue weighted by molar-refractivity contribution is 0.688. The largest absolute Gasteiger partial charge is 0.354 e. The van der Waals surface area contributed by atoms with Crippen LogP contribution >= 0.6 is 11.6 Å². The first-order valence-electron chi connectivity index (χ1n) is 5.38. The monoisotopic (exact) mass is 227 g/mol. The Morgan fingerprint density at radius 1 is 1.33 bits per heavy atom. The summed E-state index contributed by atoms with van der Waals surface area (Å²) in [5.41, 5.74) is 0. The molecule has 0 atom stereocenters. The number of aromatic nitrogens is 2. The topological polar surface area (TPSA) is 29.0 Å². The lowest BCUT2D eigenvalue weighted by atomic mass is 10.3. The molecule has 84 valence electrons. The average molecular weight is 228 g/mol. The van der Waals surface area contributed by atoms with E-state index < -0.39 is 0 Å². The van der Waals surface area contributed by atoms with Crippen LogP contribution in [0.15, 0.2) is 6.07 Å². The lowest BCUT2D eigenvalue weighted by Gasteiger charge is -2.26. The molecule has 1 heterocycles. The Hall–Kier alpha value is -0.830. The highest BCUT2D eigenvalue weighted by atomic mass is 35.5. The zero-order chi connectivity index (χ0) is 11.4. The number of rotatable bonds is 4. The molecule has 0 saturated heterocycles. The maximum atomic E-state index is 5.96. The number of halogens is 1. The van der Waals surface area contributed by atoms with E-state index in [4.69, 9.17) is 11.6 Å². The summed E-state index contributed by atoms with van der Waals surface area (Å²) in [6.07, 6.45) is 0.809. The summed E-state index contributed by atoms with van der Waals surface area (Å²) in [5.74, 6) is 1.72. The summed E-state index contributed by atoms with van der Waals surface area (Å²) in [7, 11) is 0. The van der Waals surface area contributed by atoms with Gasteiger partial charge in [-0.15, -0.1) is 0 Å². The van der Waals surface area contributed by atoms with Gasteiger partial charge >= 0.3 is 0 Å². The highest BCUT2D eigenvalue weighted by Crippen LogP contribution is 2.18. The predicted molar refractivity (Wildman–Crippen MR) is 64.6 cm³/mol. The van der Waals surface area contributed by atoms with E-state index in [1.807, 2.05) is 13.0 Å². The molecule has 0 N–H and O–H groups in total. The van der Waals surface area contributed by atoms with E-state index in [-0.39, 0.29) is 0 Å². The summed E-state index contributed by atoms with van der Waals surface area (Å²) in [4.78, 5) is 10.8. The summed E-state index contributed by atoms with van der Waals surface area (Å²) in [6.45, 7) is 9.35. The van der Waals surface area contributed by atoms with Crippen LogP contribution in [0.25, 0.3) is 0 Å². The molecule has 0 aliphatic heterocycles. The second-order valence-corrected chi connectivity index (χ2v) is 4.09. The SMILES string of the molecule is CCc1nc(Cl)cc(N(CC)C(C)C)n1. The standard InChI is InChI=1S/C11H18ClN3/c1-5-10-13-9(12)7-11(14-10)15(6-2)8(3)4/h7-8H,5-6H2,1-4H3. The molecule has 1 aromatic heterocycles. The molecule has 1 aromatic rings. The second-order valence-electron chi connectivity index (χ2n) is 3.70. The van der Waals surface area contributed by atoms with Crippen LogP contribution in [0.5, 0.6) is 0 Å². The van der Waals surface area contributed by atoms with E-state index in [1.165, 1.54) is 0 Å². The minimum Gasteiger partial charge on any atom is -0.354 e. The van der Waals surface area contributed by atoms with Gasteiger partial charge in [-0.2, -0.15) is 0 Å². The van der Waals surface area contributed by atoms with Crippen molar-refractivity contribution in [3.63, 3.8) is 0 Å². The first kappa shape index (κ1) is 12.2. The minimum absolute atomic E-state index is 0.422. The van der Waals surface area contributed by atoms with Gasteiger partial charge in [0.25, 0.3) is 0 Å². The second kappa shape index (κ2) is 5.31. The fourth-order valence-corrected chi connectivity index (χ4v) is 1.74. The van der Waals surface area contributed by atoms with Gasteiger partial charge in [0.05, 0.1) is 0 Å². The van der Waals surface area contributed by atoms with Crippen molar-refractivity contribution in [1.82, 2.24) is 9.97 Å². The number of aryl methyl sites for hydroxylation is 1. The summed E-state index contributed by atoms with van der Waals surface area (Å²) >= 11 is 5.96. The van der Waals surface area contributed by atoms with Crippen molar-refractivity contribution in [3.05, 3.63) is 17.0 Å². The Bertz CT molecular complexity index is 326. The van der Waals surface area contributed by atoms with E-state index in [0.29, 0.717) is 11.2 Å². The third-order valence-electron chi connectivity index (χ3n) is 2.30. The van der Waals surface area contributed by atoms with E-state index >= 15 is 0 Å². The zero-order valence-electron chi connectivity index (χ0n) is 9.79. The Kier molecular flexibility index (Phi) is 4.33. The lowest BCUT2D eigenvalue weighted by Crippen LogP contribution is -2.31. The molecule has 4 heteroatoms.